The predicted molar refractivity (Wildman–Crippen MR) is 136 cm³/mol. The van der Waals surface area contributed by atoms with Gasteiger partial charge in [0.05, 0.1) is 17.1 Å². The Balaban J connectivity index is 1.53. The van der Waals surface area contributed by atoms with Crippen LogP contribution in [0.5, 0.6) is 5.75 Å². The van der Waals surface area contributed by atoms with Gasteiger partial charge in [-0.25, -0.2) is 8.42 Å². The Morgan fingerprint density at radius 3 is 2.09 bits per heavy atom. The molecule has 1 N–H and O–H groups in total. The normalized spacial score (nSPS) is 11.7. The van der Waals surface area contributed by atoms with Crippen molar-refractivity contribution in [2.24, 2.45) is 0 Å². The first kappa shape index (κ1) is 25.6. The summed E-state index contributed by atoms with van der Waals surface area (Å²) >= 11 is 5.85. The van der Waals surface area contributed by atoms with Gasteiger partial charge in [-0.2, -0.15) is 0 Å². The van der Waals surface area contributed by atoms with Crippen LogP contribution in [0, 0.1) is 0 Å². The summed E-state index contributed by atoms with van der Waals surface area (Å²) in [7, 11) is -2.28. The van der Waals surface area contributed by atoms with Gasteiger partial charge in [-0.1, -0.05) is 44.5 Å². The number of halogens is 1. The smallest absolute Gasteiger partial charge is 0.264 e. The Morgan fingerprint density at radius 1 is 0.941 bits per heavy atom. The van der Waals surface area contributed by atoms with E-state index in [0.29, 0.717) is 29.4 Å². The number of rotatable bonds is 8. The summed E-state index contributed by atoms with van der Waals surface area (Å²) in [5, 5.41) is 3.27. The van der Waals surface area contributed by atoms with Crippen LogP contribution < -0.4 is 14.4 Å². The standard InChI is InChI=1S/C26H29ClN2O4S/c1-26(2,3)20-7-13-23(14-8-20)33-18-17-28-25(30)19-5-11-22(12-6-19)29(4)34(31,32)24-15-9-21(27)10-16-24/h5-16H,17-18H2,1-4H3,(H,28,30). The minimum absolute atomic E-state index is 0.0803. The van der Waals surface area contributed by atoms with Crippen LogP contribution in [0.3, 0.4) is 0 Å². The first-order valence-electron chi connectivity index (χ1n) is 10.8. The fraction of sp³-hybridized carbons (Fsp3) is 0.269. The molecular weight excluding hydrogens is 472 g/mol. The molecular formula is C26H29ClN2O4S. The highest BCUT2D eigenvalue weighted by atomic mass is 35.5. The Bertz CT molecular complexity index is 1220. The van der Waals surface area contributed by atoms with Crippen LogP contribution in [0.1, 0.15) is 36.7 Å². The maximum Gasteiger partial charge on any atom is 0.264 e. The fourth-order valence-electron chi connectivity index (χ4n) is 3.21. The van der Waals surface area contributed by atoms with Gasteiger partial charge < -0.3 is 10.1 Å². The summed E-state index contributed by atoms with van der Waals surface area (Å²) in [6, 6.07) is 20.3. The van der Waals surface area contributed by atoms with Crippen molar-refractivity contribution in [1.82, 2.24) is 5.32 Å². The highest BCUT2D eigenvalue weighted by Gasteiger charge is 2.21. The molecule has 3 rings (SSSR count). The third kappa shape index (κ3) is 6.30. The molecule has 0 atom stereocenters. The van der Waals surface area contributed by atoms with E-state index in [0.717, 1.165) is 10.1 Å². The van der Waals surface area contributed by atoms with Crippen molar-refractivity contribution in [2.45, 2.75) is 31.1 Å². The Hall–Kier alpha value is -3.03. The zero-order chi connectivity index (χ0) is 24.9. The van der Waals surface area contributed by atoms with Crippen molar-refractivity contribution < 1.29 is 17.9 Å². The van der Waals surface area contributed by atoms with Crippen LogP contribution in [0.2, 0.25) is 5.02 Å². The molecule has 0 radical (unpaired) electrons. The van der Waals surface area contributed by atoms with E-state index in [1.807, 2.05) is 24.3 Å². The molecule has 0 fully saturated rings. The van der Waals surface area contributed by atoms with Crippen LogP contribution in [0.25, 0.3) is 0 Å². The monoisotopic (exact) mass is 500 g/mol. The van der Waals surface area contributed by atoms with Crippen LogP contribution in [-0.4, -0.2) is 34.5 Å². The minimum atomic E-state index is -3.74. The number of carbonyl (C=O) groups excluding carboxylic acids is 1. The summed E-state index contributed by atoms with van der Waals surface area (Å²) in [6.45, 7) is 7.14. The van der Waals surface area contributed by atoms with E-state index in [1.54, 1.807) is 24.3 Å². The second-order valence-electron chi connectivity index (χ2n) is 8.85. The van der Waals surface area contributed by atoms with Crippen molar-refractivity contribution >= 4 is 33.2 Å². The second kappa shape index (κ2) is 10.5. The van der Waals surface area contributed by atoms with Gasteiger partial charge in [-0.05, 0) is 71.6 Å². The van der Waals surface area contributed by atoms with Crippen molar-refractivity contribution in [1.29, 1.82) is 0 Å². The lowest BCUT2D eigenvalue weighted by atomic mass is 9.87. The summed E-state index contributed by atoms with van der Waals surface area (Å²) in [5.41, 5.74) is 2.17. The number of anilines is 1. The molecule has 3 aromatic carbocycles. The molecule has 0 unspecified atom stereocenters. The lowest BCUT2D eigenvalue weighted by molar-refractivity contribution is 0.0947. The van der Waals surface area contributed by atoms with Gasteiger partial charge >= 0.3 is 0 Å². The van der Waals surface area contributed by atoms with Crippen LogP contribution in [-0.2, 0) is 15.4 Å². The highest BCUT2D eigenvalue weighted by Crippen LogP contribution is 2.25. The molecule has 180 valence electrons. The first-order valence-corrected chi connectivity index (χ1v) is 12.7. The lowest BCUT2D eigenvalue weighted by Crippen LogP contribution is -2.28. The molecule has 34 heavy (non-hydrogen) atoms. The number of amides is 1. The first-order chi connectivity index (χ1) is 16.0. The number of nitrogens with zero attached hydrogens (tertiary/aromatic N) is 1. The van der Waals surface area contributed by atoms with Crippen LogP contribution in [0.4, 0.5) is 5.69 Å². The largest absolute Gasteiger partial charge is 0.492 e. The van der Waals surface area contributed by atoms with Gasteiger partial charge in [-0.15, -0.1) is 0 Å². The van der Waals surface area contributed by atoms with Gasteiger partial charge in [0.1, 0.15) is 12.4 Å². The second-order valence-corrected chi connectivity index (χ2v) is 11.3. The van der Waals surface area contributed by atoms with Gasteiger partial charge in [0.15, 0.2) is 0 Å². The number of hydrogen-bond acceptors (Lipinski definition) is 4. The van der Waals surface area contributed by atoms with Gasteiger partial charge in [0, 0.05) is 17.6 Å². The molecule has 8 heteroatoms. The summed E-state index contributed by atoms with van der Waals surface area (Å²) in [5.74, 6) is 0.484. The van der Waals surface area contributed by atoms with E-state index >= 15 is 0 Å². The SMILES string of the molecule is CN(c1ccc(C(=O)NCCOc2ccc(C(C)(C)C)cc2)cc1)S(=O)(=O)c1ccc(Cl)cc1. The van der Waals surface area contributed by atoms with Crippen molar-refractivity contribution in [2.75, 3.05) is 24.5 Å². The molecule has 1 amide bonds. The lowest BCUT2D eigenvalue weighted by Gasteiger charge is -2.20. The maximum atomic E-state index is 12.8. The highest BCUT2D eigenvalue weighted by molar-refractivity contribution is 7.92. The van der Waals surface area contributed by atoms with E-state index in [2.05, 4.69) is 26.1 Å². The number of hydrogen-bond donors (Lipinski definition) is 1. The van der Waals surface area contributed by atoms with Crippen molar-refractivity contribution in [3.05, 3.63) is 88.9 Å². The molecule has 0 heterocycles. The zero-order valence-corrected chi connectivity index (χ0v) is 21.3. The van der Waals surface area contributed by atoms with Crippen LogP contribution >= 0.6 is 11.6 Å². The maximum absolute atomic E-state index is 12.8. The van der Waals surface area contributed by atoms with Crippen molar-refractivity contribution in [3.63, 3.8) is 0 Å². The minimum Gasteiger partial charge on any atom is -0.492 e. The molecule has 0 bridgehead atoms. The summed E-state index contributed by atoms with van der Waals surface area (Å²) in [4.78, 5) is 12.6. The number of carbonyl (C=O) groups is 1. The molecule has 0 aliphatic heterocycles. The molecule has 0 aromatic heterocycles. The third-order valence-electron chi connectivity index (χ3n) is 5.34. The number of benzene rings is 3. The average molecular weight is 501 g/mol. The van der Waals surface area contributed by atoms with E-state index in [4.69, 9.17) is 16.3 Å². The van der Waals surface area contributed by atoms with E-state index in [9.17, 15) is 13.2 Å². The molecule has 0 spiro atoms. The summed E-state index contributed by atoms with van der Waals surface area (Å²) < 4.78 is 32.5. The Labute approximate surface area is 206 Å². The van der Waals surface area contributed by atoms with E-state index in [1.165, 1.54) is 36.9 Å². The molecule has 6 nitrogen and oxygen atoms in total. The van der Waals surface area contributed by atoms with E-state index < -0.39 is 10.0 Å². The van der Waals surface area contributed by atoms with Gasteiger partial charge in [0.2, 0.25) is 0 Å². The molecule has 0 saturated heterocycles. The van der Waals surface area contributed by atoms with Crippen LogP contribution in [0.15, 0.2) is 77.7 Å². The quantitative estimate of drug-likeness (QED) is 0.427. The number of ether oxygens (including phenoxy) is 1. The van der Waals surface area contributed by atoms with E-state index in [-0.39, 0.29) is 16.2 Å². The Kier molecular flexibility index (Phi) is 7.89. The molecule has 3 aromatic rings. The Morgan fingerprint density at radius 2 is 1.53 bits per heavy atom. The number of sulfonamides is 1. The summed E-state index contributed by atoms with van der Waals surface area (Å²) in [6.07, 6.45) is 0. The average Bonchev–Trinajstić information content (AvgIpc) is 2.81. The predicted octanol–water partition coefficient (Wildman–Crippen LogP) is 5.27. The van der Waals surface area contributed by atoms with Gasteiger partial charge in [0.25, 0.3) is 15.9 Å². The number of nitrogens with one attached hydrogen (secondary N) is 1. The molecule has 0 aliphatic carbocycles. The molecule has 0 saturated carbocycles. The fourth-order valence-corrected chi connectivity index (χ4v) is 4.53. The molecule has 0 aliphatic rings. The third-order valence-corrected chi connectivity index (χ3v) is 7.39. The topological polar surface area (TPSA) is 75.7 Å². The van der Waals surface area contributed by atoms with Crippen molar-refractivity contribution in [3.8, 4) is 5.75 Å². The zero-order valence-electron chi connectivity index (χ0n) is 19.7. The van der Waals surface area contributed by atoms with Gasteiger partial charge in [-0.3, -0.25) is 9.10 Å².